The maximum atomic E-state index is 8.51. The summed E-state index contributed by atoms with van der Waals surface area (Å²) in [5.41, 5.74) is 1.04. The molecule has 1 unspecified atom stereocenters. The van der Waals surface area contributed by atoms with Crippen molar-refractivity contribution in [2.24, 2.45) is 0 Å². The molecule has 0 aliphatic heterocycles. The van der Waals surface area contributed by atoms with Gasteiger partial charge in [0.05, 0.1) is 25.7 Å². The first-order valence-corrected chi connectivity index (χ1v) is 5.03. The molecule has 0 amide bonds. The van der Waals surface area contributed by atoms with E-state index in [1.54, 1.807) is 0 Å². The molecule has 0 heterocycles. The fourth-order valence-electron chi connectivity index (χ4n) is 1.05. The molecule has 0 saturated heterocycles. The highest BCUT2D eigenvalue weighted by atomic mass is 16.5. The average molecular weight is 196 g/mol. The Morgan fingerprint density at radius 1 is 1.64 bits per heavy atom. The van der Waals surface area contributed by atoms with Crippen LogP contribution < -0.4 is 5.32 Å². The van der Waals surface area contributed by atoms with Crippen LogP contribution in [0.25, 0.3) is 0 Å². The largest absolute Gasteiger partial charge is 0.376 e. The molecule has 0 aromatic carbocycles. The number of hydrogen-bond donors (Lipinski definition) is 1. The lowest BCUT2D eigenvalue weighted by Crippen LogP contribution is -2.31. The van der Waals surface area contributed by atoms with E-state index < -0.39 is 0 Å². The minimum absolute atomic E-state index is 0.299. The predicted molar refractivity (Wildman–Crippen MR) is 57.9 cm³/mol. The van der Waals surface area contributed by atoms with Crippen LogP contribution in [0, 0.1) is 11.3 Å². The van der Waals surface area contributed by atoms with E-state index >= 15 is 0 Å². The smallest absolute Gasteiger partial charge is 0.0672 e. The summed E-state index contributed by atoms with van der Waals surface area (Å²) in [6, 6.07) is 2.46. The summed E-state index contributed by atoms with van der Waals surface area (Å²) in [5.74, 6) is 0. The molecule has 3 nitrogen and oxygen atoms in total. The third kappa shape index (κ3) is 7.78. The normalized spacial score (nSPS) is 12.1. The summed E-state index contributed by atoms with van der Waals surface area (Å²) in [6.45, 7) is 9.86. The molecule has 0 rings (SSSR count). The molecule has 0 aliphatic carbocycles. The van der Waals surface area contributed by atoms with Crippen LogP contribution in [0.3, 0.4) is 0 Å². The van der Waals surface area contributed by atoms with Crippen LogP contribution in [-0.4, -0.2) is 25.8 Å². The van der Waals surface area contributed by atoms with E-state index in [2.05, 4.69) is 24.9 Å². The second-order valence-corrected chi connectivity index (χ2v) is 3.43. The van der Waals surface area contributed by atoms with Gasteiger partial charge in [0.15, 0.2) is 0 Å². The van der Waals surface area contributed by atoms with Crippen molar-refractivity contribution in [3.63, 3.8) is 0 Å². The van der Waals surface area contributed by atoms with Crippen molar-refractivity contribution in [3.05, 3.63) is 12.2 Å². The van der Waals surface area contributed by atoms with Gasteiger partial charge in [-0.3, -0.25) is 0 Å². The maximum absolute atomic E-state index is 8.51. The zero-order chi connectivity index (χ0) is 10.8. The minimum Gasteiger partial charge on any atom is -0.376 e. The Hall–Kier alpha value is -0.850. The van der Waals surface area contributed by atoms with Crippen molar-refractivity contribution in [1.82, 2.24) is 5.32 Å². The SMILES string of the molecule is C=C(C)COCCNC(CC)CC#N. The third-order valence-electron chi connectivity index (χ3n) is 1.86. The first-order chi connectivity index (χ1) is 6.70. The zero-order valence-electron chi connectivity index (χ0n) is 9.18. The Labute approximate surface area is 86.8 Å². The van der Waals surface area contributed by atoms with Crippen LogP contribution in [0.1, 0.15) is 26.7 Å². The average Bonchev–Trinajstić information content (AvgIpc) is 2.15. The van der Waals surface area contributed by atoms with Gasteiger partial charge in [0.2, 0.25) is 0 Å². The summed E-state index contributed by atoms with van der Waals surface area (Å²) in [6.07, 6.45) is 1.55. The molecule has 0 bridgehead atoms. The molecule has 0 radical (unpaired) electrons. The molecule has 0 spiro atoms. The summed E-state index contributed by atoms with van der Waals surface area (Å²) < 4.78 is 5.32. The molecule has 1 N–H and O–H groups in total. The zero-order valence-corrected chi connectivity index (χ0v) is 9.18. The Morgan fingerprint density at radius 2 is 2.36 bits per heavy atom. The third-order valence-corrected chi connectivity index (χ3v) is 1.86. The second-order valence-electron chi connectivity index (χ2n) is 3.43. The Kier molecular flexibility index (Phi) is 8.20. The van der Waals surface area contributed by atoms with Gasteiger partial charge in [0, 0.05) is 12.6 Å². The van der Waals surface area contributed by atoms with E-state index in [4.69, 9.17) is 10.00 Å². The summed E-state index contributed by atoms with van der Waals surface area (Å²) >= 11 is 0. The molecular weight excluding hydrogens is 176 g/mol. The molecule has 3 heteroatoms. The van der Waals surface area contributed by atoms with E-state index in [-0.39, 0.29) is 0 Å². The summed E-state index contributed by atoms with van der Waals surface area (Å²) in [4.78, 5) is 0. The molecule has 0 aromatic rings. The maximum Gasteiger partial charge on any atom is 0.0672 e. The van der Waals surface area contributed by atoms with Gasteiger partial charge in [-0.25, -0.2) is 0 Å². The summed E-state index contributed by atoms with van der Waals surface area (Å²) in [7, 11) is 0. The van der Waals surface area contributed by atoms with Crippen molar-refractivity contribution in [2.75, 3.05) is 19.8 Å². The van der Waals surface area contributed by atoms with Gasteiger partial charge in [-0.05, 0) is 13.3 Å². The van der Waals surface area contributed by atoms with E-state index in [9.17, 15) is 0 Å². The van der Waals surface area contributed by atoms with Crippen LogP contribution in [0.15, 0.2) is 12.2 Å². The quantitative estimate of drug-likeness (QED) is 0.476. The number of nitriles is 1. The van der Waals surface area contributed by atoms with E-state index in [1.807, 2.05) is 6.92 Å². The molecule has 0 aliphatic rings. The molecule has 0 aromatic heterocycles. The number of ether oxygens (including phenoxy) is 1. The van der Waals surface area contributed by atoms with Crippen LogP contribution in [0.5, 0.6) is 0 Å². The highest BCUT2D eigenvalue weighted by molar-refractivity contribution is 4.87. The predicted octanol–water partition coefficient (Wildman–Crippen LogP) is 1.86. The minimum atomic E-state index is 0.299. The van der Waals surface area contributed by atoms with Crippen molar-refractivity contribution in [3.8, 4) is 6.07 Å². The molecule has 14 heavy (non-hydrogen) atoms. The van der Waals surface area contributed by atoms with Gasteiger partial charge in [-0.2, -0.15) is 5.26 Å². The standard InChI is InChI=1S/C11H20N2O/c1-4-11(5-6-12)13-7-8-14-9-10(2)3/h11,13H,2,4-5,7-9H2,1,3H3. The number of nitrogens with one attached hydrogen (secondary N) is 1. The van der Waals surface area contributed by atoms with Gasteiger partial charge in [0.1, 0.15) is 0 Å². The topological polar surface area (TPSA) is 45.0 Å². The number of nitrogens with zero attached hydrogens (tertiary/aromatic N) is 1. The molecule has 80 valence electrons. The van der Waals surface area contributed by atoms with Crippen molar-refractivity contribution < 1.29 is 4.74 Å². The summed E-state index contributed by atoms with van der Waals surface area (Å²) in [5, 5.41) is 11.8. The Morgan fingerprint density at radius 3 is 2.86 bits per heavy atom. The lowest BCUT2D eigenvalue weighted by molar-refractivity contribution is 0.155. The van der Waals surface area contributed by atoms with Crippen molar-refractivity contribution >= 4 is 0 Å². The van der Waals surface area contributed by atoms with E-state index in [0.29, 0.717) is 25.7 Å². The second kappa shape index (κ2) is 8.74. The van der Waals surface area contributed by atoms with Gasteiger partial charge in [-0.15, -0.1) is 0 Å². The number of rotatable bonds is 8. The first-order valence-electron chi connectivity index (χ1n) is 5.03. The van der Waals surface area contributed by atoms with Crippen LogP contribution in [-0.2, 0) is 4.74 Å². The van der Waals surface area contributed by atoms with Crippen LogP contribution in [0.2, 0.25) is 0 Å². The highest BCUT2D eigenvalue weighted by Gasteiger charge is 2.02. The fraction of sp³-hybridized carbons (Fsp3) is 0.727. The van der Waals surface area contributed by atoms with Crippen LogP contribution in [0.4, 0.5) is 0 Å². The van der Waals surface area contributed by atoms with Crippen molar-refractivity contribution in [2.45, 2.75) is 32.7 Å². The van der Waals surface area contributed by atoms with Crippen LogP contribution >= 0.6 is 0 Å². The van der Waals surface area contributed by atoms with Gasteiger partial charge in [0.25, 0.3) is 0 Å². The van der Waals surface area contributed by atoms with Crippen molar-refractivity contribution in [1.29, 1.82) is 5.26 Å². The van der Waals surface area contributed by atoms with E-state index in [0.717, 1.165) is 18.5 Å². The highest BCUT2D eigenvalue weighted by Crippen LogP contribution is 1.95. The monoisotopic (exact) mass is 196 g/mol. The van der Waals surface area contributed by atoms with Gasteiger partial charge in [-0.1, -0.05) is 19.1 Å². The van der Waals surface area contributed by atoms with Gasteiger partial charge >= 0.3 is 0 Å². The molecule has 1 atom stereocenters. The molecule has 0 fully saturated rings. The van der Waals surface area contributed by atoms with Gasteiger partial charge < -0.3 is 10.1 Å². The lowest BCUT2D eigenvalue weighted by Gasteiger charge is -2.13. The first kappa shape index (κ1) is 13.2. The molecule has 0 saturated carbocycles. The van der Waals surface area contributed by atoms with E-state index in [1.165, 1.54) is 0 Å². The molecular formula is C11H20N2O. The Balaban J connectivity index is 3.33. The number of hydrogen-bond acceptors (Lipinski definition) is 3. The Bertz CT molecular complexity index is 196. The fourth-order valence-corrected chi connectivity index (χ4v) is 1.05. The lowest BCUT2D eigenvalue weighted by atomic mass is 10.2.